The van der Waals surface area contributed by atoms with Crippen LogP contribution in [-0.4, -0.2) is 37.9 Å². The Morgan fingerprint density at radius 1 is 0.375 bits per heavy atom. The largest absolute Gasteiger partial charge is 0.462 e. The molecule has 0 spiro atoms. The fourth-order valence-electron chi connectivity index (χ4n) is 7.51. The first-order chi connectivity index (χ1) is 27.6. The molecule has 5 heteroatoms. The van der Waals surface area contributed by atoms with Gasteiger partial charge in [-0.25, -0.2) is 0 Å². The predicted octanol–water partition coefficient (Wildman–Crippen LogP) is 16.7. The molecule has 0 heterocycles. The first-order valence-electron chi connectivity index (χ1n) is 25.2. The van der Waals surface area contributed by atoms with E-state index in [1.807, 2.05) is 0 Å². The molecule has 0 amide bonds. The second-order valence-electron chi connectivity index (χ2n) is 17.1. The summed E-state index contributed by atoms with van der Waals surface area (Å²) in [6.45, 7) is 7.84. The van der Waals surface area contributed by atoms with Crippen molar-refractivity contribution in [3.8, 4) is 0 Å². The summed E-state index contributed by atoms with van der Waals surface area (Å²) in [5.74, 6) is -0.386. The van der Waals surface area contributed by atoms with Crippen LogP contribution in [0.25, 0.3) is 0 Å². The van der Waals surface area contributed by atoms with E-state index in [9.17, 15) is 9.59 Å². The second-order valence-corrected chi connectivity index (χ2v) is 17.1. The molecule has 0 saturated heterocycles. The van der Waals surface area contributed by atoms with Crippen LogP contribution in [-0.2, 0) is 23.8 Å². The van der Waals surface area contributed by atoms with Crippen molar-refractivity contribution in [1.29, 1.82) is 0 Å². The van der Waals surface area contributed by atoms with E-state index in [0.717, 1.165) is 38.5 Å². The zero-order valence-electron chi connectivity index (χ0n) is 38.2. The molecule has 0 saturated carbocycles. The Labute approximate surface area is 350 Å². The molecule has 0 radical (unpaired) electrons. The highest BCUT2D eigenvalue weighted by Crippen LogP contribution is 2.16. The van der Waals surface area contributed by atoms with Crippen LogP contribution in [0.15, 0.2) is 12.2 Å². The van der Waals surface area contributed by atoms with E-state index < -0.39 is 6.10 Å². The molecular weight excluding hydrogens is 693 g/mol. The maximum absolute atomic E-state index is 12.6. The highest BCUT2D eigenvalue weighted by molar-refractivity contribution is 5.70. The van der Waals surface area contributed by atoms with Crippen LogP contribution in [0, 0.1) is 0 Å². The number of rotatable bonds is 47. The van der Waals surface area contributed by atoms with Gasteiger partial charge < -0.3 is 14.2 Å². The summed E-state index contributed by atoms with van der Waals surface area (Å²) < 4.78 is 17.3. The number of hydrogen-bond donors (Lipinski definition) is 0. The molecule has 1 atom stereocenters. The van der Waals surface area contributed by atoms with Gasteiger partial charge in [-0.2, -0.15) is 0 Å². The molecule has 332 valence electrons. The Hall–Kier alpha value is -1.36. The van der Waals surface area contributed by atoms with Crippen LogP contribution < -0.4 is 0 Å². The van der Waals surface area contributed by atoms with E-state index in [0.29, 0.717) is 26.1 Å². The van der Waals surface area contributed by atoms with Crippen LogP contribution >= 0.6 is 0 Å². The second kappa shape index (κ2) is 48.0. The standard InChI is InChI=1S/C51H98O5/c1-4-7-10-13-16-18-20-22-24-25-26-28-30-32-34-37-40-43-46-54-47-49(56-51(53)45-42-39-35-15-12-9-6-3)48-55-50(52)44-41-38-36-33-31-29-27-23-21-19-17-14-11-8-5-2/h22,24,49H,4-21,23,25-48H2,1-3H3/b24-22-. The molecule has 0 rings (SSSR count). The van der Waals surface area contributed by atoms with E-state index in [2.05, 4.69) is 32.9 Å². The molecule has 0 bridgehead atoms. The minimum atomic E-state index is -0.526. The van der Waals surface area contributed by atoms with Crippen molar-refractivity contribution >= 4 is 11.9 Å². The lowest BCUT2D eigenvalue weighted by atomic mass is 10.0. The highest BCUT2D eigenvalue weighted by Gasteiger charge is 2.17. The third kappa shape index (κ3) is 45.3. The number of esters is 2. The third-order valence-electron chi connectivity index (χ3n) is 11.3. The monoisotopic (exact) mass is 791 g/mol. The molecule has 0 aliphatic carbocycles. The average molecular weight is 791 g/mol. The summed E-state index contributed by atoms with van der Waals surface area (Å²) in [6, 6.07) is 0. The van der Waals surface area contributed by atoms with Crippen LogP contribution in [0.2, 0.25) is 0 Å². The van der Waals surface area contributed by atoms with Crippen LogP contribution in [0.1, 0.15) is 278 Å². The van der Waals surface area contributed by atoms with Gasteiger partial charge in [0.1, 0.15) is 6.61 Å². The quantitative estimate of drug-likeness (QED) is 0.0349. The summed E-state index contributed by atoms with van der Waals surface area (Å²) in [5.41, 5.74) is 0. The minimum Gasteiger partial charge on any atom is -0.462 e. The van der Waals surface area contributed by atoms with Crippen molar-refractivity contribution in [2.45, 2.75) is 284 Å². The van der Waals surface area contributed by atoms with Gasteiger partial charge in [-0.05, 0) is 44.9 Å². The van der Waals surface area contributed by atoms with E-state index in [4.69, 9.17) is 14.2 Å². The zero-order chi connectivity index (χ0) is 40.7. The van der Waals surface area contributed by atoms with Crippen molar-refractivity contribution in [2.75, 3.05) is 19.8 Å². The zero-order valence-corrected chi connectivity index (χ0v) is 38.2. The maximum atomic E-state index is 12.6. The van der Waals surface area contributed by atoms with Gasteiger partial charge >= 0.3 is 11.9 Å². The van der Waals surface area contributed by atoms with Crippen molar-refractivity contribution in [3.63, 3.8) is 0 Å². The van der Waals surface area contributed by atoms with Crippen molar-refractivity contribution in [3.05, 3.63) is 12.2 Å². The molecule has 1 unspecified atom stereocenters. The molecule has 0 fully saturated rings. The minimum absolute atomic E-state index is 0.0925. The van der Waals surface area contributed by atoms with Crippen LogP contribution in [0.3, 0.4) is 0 Å². The van der Waals surface area contributed by atoms with Gasteiger partial charge in [-0.15, -0.1) is 0 Å². The van der Waals surface area contributed by atoms with Gasteiger partial charge in [0.2, 0.25) is 0 Å². The number of carbonyl (C=O) groups excluding carboxylic acids is 2. The molecule has 0 aliphatic rings. The molecular formula is C51H98O5. The van der Waals surface area contributed by atoms with Crippen molar-refractivity contribution in [2.24, 2.45) is 0 Å². The van der Waals surface area contributed by atoms with Crippen LogP contribution in [0.5, 0.6) is 0 Å². The molecule has 56 heavy (non-hydrogen) atoms. The number of allylic oxidation sites excluding steroid dienone is 2. The Morgan fingerprint density at radius 2 is 0.696 bits per heavy atom. The third-order valence-corrected chi connectivity index (χ3v) is 11.3. The fraction of sp³-hybridized carbons (Fsp3) is 0.922. The Balaban J connectivity index is 4.07. The maximum Gasteiger partial charge on any atom is 0.306 e. The van der Waals surface area contributed by atoms with Gasteiger partial charge in [0.05, 0.1) is 6.61 Å². The van der Waals surface area contributed by atoms with Gasteiger partial charge in [0.25, 0.3) is 0 Å². The molecule has 0 aliphatic heterocycles. The van der Waals surface area contributed by atoms with E-state index in [1.165, 1.54) is 205 Å². The lowest BCUT2D eigenvalue weighted by Gasteiger charge is -2.18. The number of ether oxygens (including phenoxy) is 3. The number of carbonyl (C=O) groups is 2. The average Bonchev–Trinajstić information content (AvgIpc) is 3.20. The van der Waals surface area contributed by atoms with E-state index in [-0.39, 0.29) is 18.5 Å². The van der Waals surface area contributed by atoms with Crippen LogP contribution in [0.4, 0.5) is 0 Å². The smallest absolute Gasteiger partial charge is 0.306 e. The van der Waals surface area contributed by atoms with Crippen molar-refractivity contribution in [1.82, 2.24) is 0 Å². The first-order valence-corrected chi connectivity index (χ1v) is 25.2. The number of unbranched alkanes of at least 4 members (excludes halogenated alkanes) is 34. The highest BCUT2D eigenvalue weighted by atomic mass is 16.6. The SMILES string of the molecule is CCCCCCCC/C=C\CCCCCCCCCCOCC(COC(=O)CCCCCCCCCCCCCCCCC)OC(=O)CCCCCCCCC. The molecule has 0 aromatic carbocycles. The Morgan fingerprint density at radius 3 is 1.09 bits per heavy atom. The number of hydrogen-bond acceptors (Lipinski definition) is 5. The lowest BCUT2D eigenvalue weighted by molar-refractivity contribution is -0.163. The molecule has 0 aromatic heterocycles. The summed E-state index contributed by atoms with van der Waals surface area (Å²) in [7, 11) is 0. The Kier molecular flexibility index (Phi) is 46.8. The van der Waals surface area contributed by atoms with E-state index in [1.54, 1.807) is 0 Å². The van der Waals surface area contributed by atoms with Gasteiger partial charge in [-0.3, -0.25) is 9.59 Å². The summed E-state index contributed by atoms with van der Waals surface area (Å²) in [4.78, 5) is 25.2. The molecule has 0 aromatic rings. The van der Waals surface area contributed by atoms with Gasteiger partial charge in [-0.1, -0.05) is 232 Å². The van der Waals surface area contributed by atoms with Crippen molar-refractivity contribution < 1.29 is 23.8 Å². The predicted molar refractivity (Wildman–Crippen MR) is 242 cm³/mol. The Bertz CT molecular complexity index is 810. The summed E-state index contributed by atoms with van der Waals surface area (Å²) >= 11 is 0. The fourth-order valence-corrected chi connectivity index (χ4v) is 7.51. The molecule has 0 N–H and O–H groups in total. The topological polar surface area (TPSA) is 61.8 Å². The normalized spacial score (nSPS) is 12.1. The summed E-state index contributed by atoms with van der Waals surface area (Å²) in [6.07, 6.45) is 53.7. The molecule has 5 nitrogen and oxygen atoms in total. The van der Waals surface area contributed by atoms with Gasteiger partial charge in [0, 0.05) is 19.4 Å². The van der Waals surface area contributed by atoms with E-state index >= 15 is 0 Å². The first kappa shape index (κ1) is 54.6. The van der Waals surface area contributed by atoms with Gasteiger partial charge in [0.15, 0.2) is 6.10 Å². The summed E-state index contributed by atoms with van der Waals surface area (Å²) in [5, 5.41) is 0. The lowest BCUT2D eigenvalue weighted by Crippen LogP contribution is -2.30.